The van der Waals surface area contributed by atoms with Crippen LogP contribution >= 0.6 is 23.2 Å². The summed E-state index contributed by atoms with van der Waals surface area (Å²) in [5, 5.41) is 3.92. The molecule has 0 atom stereocenters. The van der Waals surface area contributed by atoms with E-state index in [1.165, 1.54) is 0 Å². The van der Waals surface area contributed by atoms with Crippen molar-refractivity contribution in [3.05, 3.63) is 57.8 Å². The molecule has 2 N–H and O–H groups in total. The first-order valence-electron chi connectivity index (χ1n) is 7.41. The van der Waals surface area contributed by atoms with Gasteiger partial charge in [-0.15, -0.1) is 0 Å². The molecule has 3 heterocycles. The summed E-state index contributed by atoms with van der Waals surface area (Å²) in [6.45, 7) is 0.638. The van der Waals surface area contributed by atoms with Crippen LogP contribution in [0.3, 0.4) is 0 Å². The topological polar surface area (TPSA) is 70.7 Å². The van der Waals surface area contributed by atoms with E-state index < -0.39 is 0 Å². The quantitative estimate of drug-likeness (QED) is 0.733. The van der Waals surface area contributed by atoms with Gasteiger partial charge in [-0.1, -0.05) is 23.2 Å². The average molecular weight is 359 g/mol. The van der Waals surface area contributed by atoms with E-state index in [2.05, 4.69) is 20.3 Å². The summed E-state index contributed by atoms with van der Waals surface area (Å²) in [6, 6.07) is 8.77. The molecule has 0 bridgehead atoms. The van der Waals surface area contributed by atoms with Crippen LogP contribution in [0.1, 0.15) is 16.1 Å². The lowest BCUT2D eigenvalue weighted by Crippen LogP contribution is -2.31. The van der Waals surface area contributed by atoms with Gasteiger partial charge in [0.1, 0.15) is 0 Å². The molecule has 0 saturated heterocycles. The van der Waals surface area contributed by atoms with Crippen molar-refractivity contribution in [2.45, 2.75) is 6.42 Å². The summed E-state index contributed by atoms with van der Waals surface area (Å²) < 4.78 is 0. The number of H-pyrrole nitrogens is 1. The monoisotopic (exact) mass is 358 g/mol. The number of carbonyl (C=O) groups is 1. The number of nitrogens with zero attached hydrogens (tertiary/aromatic N) is 2. The Hall–Kier alpha value is -2.37. The van der Waals surface area contributed by atoms with Crippen molar-refractivity contribution in [1.82, 2.24) is 20.3 Å². The molecule has 0 saturated carbocycles. The van der Waals surface area contributed by atoms with E-state index in [-0.39, 0.29) is 5.91 Å². The number of nitrogens with one attached hydrogen (secondary N) is 2. The minimum absolute atomic E-state index is 0.0640. The second kappa shape index (κ2) is 5.92. The number of aromatic amines is 1. The number of rotatable bonds is 2. The molecule has 0 radical (unpaired) electrons. The molecule has 1 amide bonds. The van der Waals surface area contributed by atoms with Gasteiger partial charge in [0.05, 0.1) is 22.0 Å². The zero-order valence-electron chi connectivity index (χ0n) is 12.4. The molecule has 1 aromatic carbocycles. The molecular formula is C17H12Cl2N4O. The molecule has 1 aliphatic rings. The third-order valence-electron chi connectivity index (χ3n) is 3.91. The number of aromatic nitrogens is 3. The maximum Gasteiger partial charge on any atom is 0.253 e. The van der Waals surface area contributed by atoms with Crippen molar-refractivity contribution in [1.29, 1.82) is 0 Å². The van der Waals surface area contributed by atoms with Gasteiger partial charge in [-0.2, -0.15) is 0 Å². The third kappa shape index (κ3) is 2.66. The molecule has 24 heavy (non-hydrogen) atoms. The van der Waals surface area contributed by atoms with E-state index in [9.17, 15) is 4.79 Å². The van der Waals surface area contributed by atoms with Gasteiger partial charge in [-0.3, -0.25) is 4.79 Å². The smallest absolute Gasteiger partial charge is 0.253 e. The fraction of sp³-hybridized carbons (Fsp3) is 0.118. The number of benzene rings is 1. The van der Waals surface area contributed by atoms with Crippen LogP contribution in [0.25, 0.3) is 22.8 Å². The van der Waals surface area contributed by atoms with Gasteiger partial charge < -0.3 is 10.3 Å². The summed E-state index contributed by atoms with van der Waals surface area (Å²) in [5.41, 5.74) is 3.73. The van der Waals surface area contributed by atoms with Crippen LogP contribution in [0.4, 0.5) is 0 Å². The van der Waals surface area contributed by atoms with Crippen LogP contribution in [0, 0.1) is 0 Å². The van der Waals surface area contributed by atoms with E-state index in [1.807, 2.05) is 6.07 Å². The van der Waals surface area contributed by atoms with Gasteiger partial charge in [0.15, 0.2) is 5.82 Å². The molecule has 0 aliphatic carbocycles. The molecule has 120 valence electrons. The zero-order valence-corrected chi connectivity index (χ0v) is 13.9. The average Bonchev–Trinajstić information content (AvgIpc) is 3.03. The molecule has 3 aromatic rings. The number of hydrogen-bond donors (Lipinski definition) is 2. The Morgan fingerprint density at radius 1 is 1.08 bits per heavy atom. The number of halogens is 2. The molecule has 5 nitrogen and oxygen atoms in total. The Labute approximate surface area is 148 Å². The molecule has 7 heteroatoms. The lowest BCUT2D eigenvalue weighted by molar-refractivity contribution is 0.0946. The van der Waals surface area contributed by atoms with Crippen molar-refractivity contribution < 1.29 is 4.79 Å². The minimum Gasteiger partial charge on any atom is -0.356 e. The van der Waals surface area contributed by atoms with Gasteiger partial charge in [0.25, 0.3) is 5.91 Å². The highest BCUT2D eigenvalue weighted by Gasteiger charge is 2.20. The summed E-state index contributed by atoms with van der Waals surface area (Å²) in [4.78, 5) is 24.0. The van der Waals surface area contributed by atoms with E-state index in [0.29, 0.717) is 39.2 Å². The van der Waals surface area contributed by atoms with Gasteiger partial charge in [-0.25, -0.2) is 9.97 Å². The van der Waals surface area contributed by atoms with Crippen molar-refractivity contribution in [2.24, 2.45) is 0 Å². The fourth-order valence-corrected chi connectivity index (χ4v) is 3.11. The Bertz CT molecular complexity index is 952. The summed E-state index contributed by atoms with van der Waals surface area (Å²) in [5.74, 6) is 0.419. The molecule has 1 aliphatic heterocycles. The molecular weight excluding hydrogens is 347 g/mol. The van der Waals surface area contributed by atoms with Crippen molar-refractivity contribution in [3.63, 3.8) is 0 Å². The van der Waals surface area contributed by atoms with Gasteiger partial charge in [0.2, 0.25) is 0 Å². The van der Waals surface area contributed by atoms with Crippen molar-refractivity contribution >= 4 is 29.1 Å². The second-order valence-corrected chi connectivity index (χ2v) is 6.31. The predicted octanol–water partition coefficient (Wildman–Crippen LogP) is 3.73. The highest BCUT2D eigenvalue weighted by atomic mass is 35.5. The molecule has 4 rings (SSSR count). The second-order valence-electron chi connectivity index (χ2n) is 5.47. The lowest BCUT2D eigenvalue weighted by atomic mass is 10.1. The molecule has 0 fully saturated rings. The van der Waals surface area contributed by atoms with E-state index in [1.54, 1.807) is 30.5 Å². The zero-order chi connectivity index (χ0) is 16.7. The van der Waals surface area contributed by atoms with E-state index in [0.717, 1.165) is 17.8 Å². The number of amides is 1. The summed E-state index contributed by atoms with van der Waals surface area (Å²) >= 11 is 12.3. The van der Waals surface area contributed by atoms with E-state index >= 15 is 0 Å². The maximum atomic E-state index is 11.9. The Kier molecular flexibility index (Phi) is 3.75. The molecule has 0 unspecified atom stereocenters. The van der Waals surface area contributed by atoms with Gasteiger partial charge in [-0.05, 0) is 30.3 Å². The van der Waals surface area contributed by atoms with E-state index in [4.69, 9.17) is 23.2 Å². The van der Waals surface area contributed by atoms with Crippen molar-refractivity contribution in [3.8, 4) is 22.8 Å². The van der Waals surface area contributed by atoms with Crippen LogP contribution in [0.15, 0.2) is 36.5 Å². The molecule has 0 spiro atoms. The number of carbonyl (C=O) groups excluding carboxylic acids is 1. The Morgan fingerprint density at radius 2 is 1.96 bits per heavy atom. The van der Waals surface area contributed by atoms with Gasteiger partial charge >= 0.3 is 0 Å². The number of hydrogen-bond acceptors (Lipinski definition) is 3. The highest BCUT2D eigenvalue weighted by Crippen LogP contribution is 2.30. The van der Waals surface area contributed by atoms with Crippen LogP contribution in [0.5, 0.6) is 0 Å². The third-order valence-corrected chi connectivity index (χ3v) is 4.47. The Morgan fingerprint density at radius 3 is 2.79 bits per heavy atom. The Balaban J connectivity index is 1.78. The number of fused-ring (bicyclic) bond motifs is 1. The maximum absolute atomic E-state index is 11.9. The van der Waals surface area contributed by atoms with Crippen LogP contribution < -0.4 is 5.32 Å². The minimum atomic E-state index is -0.0640. The summed E-state index contributed by atoms with van der Waals surface area (Å²) in [7, 11) is 0. The first kappa shape index (κ1) is 15.2. The van der Waals surface area contributed by atoms with Crippen molar-refractivity contribution in [2.75, 3.05) is 6.54 Å². The first-order valence-corrected chi connectivity index (χ1v) is 8.16. The molecule has 2 aromatic heterocycles. The van der Waals surface area contributed by atoms with Gasteiger partial charge in [0, 0.05) is 35.4 Å². The largest absolute Gasteiger partial charge is 0.356 e. The van der Waals surface area contributed by atoms with Crippen LogP contribution in [-0.4, -0.2) is 27.4 Å². The predicted molar refractivity (Wildman–Crippen MR) is 93.3 cm³/mol. The highest BCUT2D eigenvalue weighted by molar-refractivity contribution is 6.35. The standard InChI is InChI=1S/C17H12Cl2N4O/c18-9-1-2-12(19)10(7-9)16-20-5-4-14(23-16)15-8-11-13(22-15)3-6-21-17(11)24/h1-2,4-5,7-8,22H,3,6H2,(H,21,24). The SMILES string of the molecule is O=C1NCCc2[nH]c(-c3ccnc(-c4cc(Cl)ccc4Cl)n3)cc21. The fourth-order valence-electron chi connectivity index (χ4n) is 2.74. The summed E-state index contributed by atoms with van der Waals surface area (Å²) in [6.07, 6.45) is 2.44. The van der Waals surface area contributed by atoms with Crippen LogP contribution in [-0.2, 0) is 6.42 Å². The normalized spacial score (nSPS) is 13.5. The van der Waals surface area contributed by atoms with Crippen LogP contribution in [0.2, 0.25) is 10.0 Å². The first-order chi connectivity index (χ1) is 11.6. The lowest BCUT2D eigenvalue weighted by Gasteiger charge is -2.10.